The molecule has 0 aromatic carbocycles. The van der Waals surface area contributed by atoms with Gasteiger partial charge in [0.05, 0.1) is 0 Å². The fourth-order valence-corrected chi connectivity index (χ4v) is 3.82. The van der Waals surface area contributed by atoms with Gasteiger partial charge >= 0.3 is 0 Å². The van der Waals surface area contributed by atoms with E-state index in [-0.39, 0.29) is 0 Å². The van der Waals surface area contributed by atoms with Gasteiger partial charge in [0.15, 0.2) is 0 Å². The first-order valence-corrected chi connectivity index (χ1v) is 9.41. The largest absolute Gasteiger partial charge is 0.132 e. The molecule has 0 aliphatic heterocycles. The van der Waals surface area contributed by atoms with Crippen LogP contribution in [0.5, 0.6) is 0 Å². The van der Waals surface area contributed by atoms with Crippen molar-refractivity contribution in [2.24, 2.45) is 0 Å². The second-order valence-corrected chi connectivity index (χ2v) is 7.66. The Bertz CT molecular complexity index is 291. The van der Waals surface area contributed by atoms with Crippen LogP contribution in [0.4, 0.5) is 0 Å². The number of rotatable bonds is 11. The molecule has 0 spiro atoms. The fourth-order valence-electron chi connectivity index (χ4n) is 2.44. The zero-order valence-corrected chi connectivity index (χ0v) is 14.2. The lowest BCUT2D eigenvalue weighted by molar-refractivity contribution is 0.556. The summed E-state index contributed by atoms with van der Waals surface area (Å²) in [6.45, 7) is 2.29. The number of hydrogen-bond donors (Lipinski definition) is 0. The predicted molar refractivity (Wildman–Crippen MR) is 90.8 cm³/mol. The second-order valence-electron chi connectivity index (χ2n) is 5.35. The first-order chi connectivity index (χ1) is 8.84. The van der Waals surface area contributed by atoms with Crippen molar-refractivity contribution in [1.82, 2.24) is 0 Å². The first kappa shape index (κ1) is 16.3. The molecule has 0 fully saturated rings. The minimum atomic E-state index is 0.936. The Morgan fingerprint density at radius 2 is 1.44 bits per heavy atom. The highest BCUT2D eigenvalue weighted by atomic mass is 31.1. The smallest absolute Gasteiger partial charge is 0.0108 e. The van der Waals surface area contributed by atoms with Crippen LogP contribution in [0.15, 0.2) is 11.9 Å². The highest BCUT2D eigenvalue weighted by molar-refractivity contribution is 7.51. The Morgan fingerprint density at radius 3 is 1.94 bits per heavy atom. The molecule has 1 aromatic heterocycles. The molecule has 18 heavy (non-hydrogen) atoms. The third-order valence-corrected chi connectivity index (χ3v) is 5.51. The average Bonchev–Trinajstić information content (AvgIpc) is 2.77. The summed E-state index contributed by atoms with van der Waals surface area (Å²) < 4.78 is 0. The number of unbranched alkanes of at least 4 members (excludes halogenated alkanes) is 9. The molecule has 2 unspecified atom stereocenters. The van der Waals surface area contributed by atoms with Crippen LogP contribution in [0.3, 0.4) is 0 Å². The molecule has 0 saturated carbocycles. The molecule has 1 aromatic rings. The highest BCUT2D eigenvalue weighted by Gasteiger charge is 1.98. The topological polar surface area (TPSA) is 0 Å². The Balaban J connectivity index is 1.83. The van der Waals surface area contributed by atoms with Gasteiger partial charge in [-0.2, -0.15) is 0 Å². The maximum Gasteiger partial charge on any atom is -0.0108 e. The van der Waals surface area contributed by atoms with Gasteiger partial charge in [-0.1, -0.05) is 70.8 Å². The van der Waals surface area contributed by atoms with Crippen molar-refractivity contribution in [3.63, 3.8) is 0 Å². The van der Waals surface area contributed by atoms with Crippen LogP contribution in [0, 0.1) is 0 Å². The SMILES string of the molecule is CCCCCCCCCCCCc1cc[pH]c1P. The molecule has 0 saturated heterocycles. The van der Waals surface area contributed by atoms with Gasteiger partial charge in [0.25, 0.3) is 0 Å². The zero-order chi connectivity index (χ0) is 13.1. The molecule has 0 N–H and O–H groups in total. The summed E-state index contributed by atoms with van der Waals surface area (Å²) in [7, 11) is 3.84. The number of aryl methyl sites for hydroxylation is 1. The monoisotopic (exact) mass is 284 g/mol. The van der Waals surface area contributed by atoms with Crippen LogP contribution in [0.25, 0.3) is 0 Å². The van der Waals surface area contributed by atoms with Gasteiger partial charge in [0, 0.05) is 0 Å². The molecule has 0 nitrogen and oxygen atoms in total. The van der Waals surface area contributed by atoms with Crippen LogP contribution in [0.1, 0.15) is 76.7 Å². The van der Waals surface area contributed by atoms with Crippen molar-refractivity contribution in [3.8, 4) is 0 Å². The maximum atomic E-state index is 2.90. The molecule has 104 valence electrons. The normalized spacial score (nSPS) is 11.4. The Kier molecular flexibility index (Phi) is 10.0. The highest BCUT2D eigenvalue weighted by Crippen LogP contribution is 2.16. The van der Waals surface area contributed by atoms with Gasteiger partial charge in [-0.25, -0.2) is 0 Å². The summed E-state index contributed by atoms with van der Waals surface area (Å²) in [5.41, 5.74) is 1.60. The van der Waals surface area contributed by atoms with Gasteiger partial charge in [-0.05, 0) is 29.2 Å². The Hall–Kier alpha value is 0.210. The van der Waals surface area contributed by atoms with Crippen molar-refractivity contribution in [2.45, 2.75) is 77.6 Å². The summed E-state index contributed by atoms with van der Waals surface area (Å²) >= 11 is 0. The molecule has 0 radical (unpaired) electrons. The van der Waals surface area contributed by atoms with Gasteiger partial charge in [-0.3, -0.25) is 0 Å². The lowest BCUT2D eigenvalue weighted by atomic mass is 10.0. The number of hydrogen-bond acceptors (Lipinski definition) is 0. The van der Waals surface area contributed by atoms with E-state index < -0.39 is 0 Å². The van der Waals surface area contributed by atoms with E-state index in [2.05, 4.69) is 28.0 Å². The van der Waals surface area contributed by atoms with Crippen LogP contribution in [0.2, 0.25) is 0 Å². The van der Waals surface area contributed by atoms with Crippen LogP contribution in [-0.4, -0.2) is 0 Å². The Morgan fingerprint density at radius 1 is 0.889 bits per heavy atom. The minimum Gasteiger partial charge on any atom is -0.132 e. The van der Waals surface area contributed by atoms with E-state index in [0.29, 0.717) is 0 Å². The van der Waals surface area contributed by atoms with E-state index in [1.165, 1.54) is 70.6 Å². The van der Waals surface area contributed by atoms with Crippen LogP contribution in [-0.2, 0) is 6.42 Å². The molecule has 0 aliphatic rings. The van der Waals surface area contributed by atoms with E-state index >= 15 is 0 Å². The van der Waals surface area contributed by atoms with E-state index in [1.54, 1.807) is 10.6 Å². The van der Waals surface area contributed by atoms with E-state index in [9.17, 15) is 0 Å². The van der Waals surface area contributed by atoms with Crippen molar-refractivity contribution < 1.29 is 0 Å². The summed E-state index contributed by atoms with van der Waals surface area (Å²) in [6.07, 6.45) is 15.6. The third-order valence-electron chi connectivity index (χ3n) is 3.67. The average molecular weight is 284 g/mol. The fraction of sp³-hybridized carbons (Fsp3) is 0.750. The summed E-state index contributed by atoms with van der Waals surface area (Å²) in [5.74, 6) is 2.31. The van der Waals surface area contributed by atoms with Gasteiger partial charge < -0.3 is 0 Å². The predicted octanol–water partition coefficient (Wildman–Crippen LogP) is 5.68. The van der Waals surface area contributed by atoms with Crippen LogP contribution < -0.4 is 5.04 Å². The van der Waals surface area contributed by atoms with Crippen molar-refractivity contribution >= 4 is 22.5 Å². The maximum absolute atomic E-state index is 2.90. The van der Waals surface area contributed by atoms with Crippen LogP contribution >= 0.6 is 17.4 Å². The van der Waals surface area contributed by atoms with Gasteiger partial charge in [-0.15, -0.1) is 17.4 Å². The summed E-state index contributed by atoms with van der Waals surface area (Å²) in [5, 5.41) is 1.55. The molecule has 0 aliphatic carbocycles. The molecule has 1 heterocycles. The molecule has 0 bridgehead atoms. The Labute approximate surface area is 118 Å². The standard InChI is InChI=1S/C16H30P2/c1-2-3-4-5-6-7-8-9-10-11-12-15-13-14-18-16(15)17/h13-14,18H,2-12,17H2,1H3. The quantitative estimate of drug-likeness (QED) is 0.362. The lowest BCUT2D eigenvalue weighted by Gasteiger charge is -2.02. The summed E-state index contributed by atoms with van der Waals surface area (Å²) in [6, 6.07) is 2.33. The van der Waals surface area contributed by atoms with Gasteiger partial charge in [0.1, 0.15) is 0 Å². The first-order valence-electron chi connectivity index (χ1n) is 7.76. The molecule has 0 amide bonds. The molecule has 2 atom stereocenters. The second kappa shape index (κ2) is 11.1. The van der Waals surface area contributed by atoms with Crippen molar-refractivity contribution in [3.05, 3.63) is 17.4 Å². The summed E-state index contributed by atoms with van der Waals surface area (Å²) in [4.78, 5) is 0. The minimum absolute atomic E-state index is 0.936. The van der Waals surface area contributed by atoms with E-state index in [1.807, 2.05) is 0 Å². The zero-order valence-electron chi connectivity index (χ0n) is 12.0. The molecule has 1 rings (SSSR count). The molecule has 2 heteroatoms. The van der Waals surface area contributed by atoms with E-state index in [4.69, 9.17) is 0 Å². The van der Waals surface area contributed by atoms with Crippen molar-refractivity contribution in [2.75, 3.05) is 0 Å². The third kappa shape index (κ3) is 7.60. The van der Waals surface area contributed by atoms with Gasteiger partial charge in [0.2, 0.25) is 0 Å². The molecular weight excluding hydrogens is 254 g/mol. The lowest BCUT2D eigenvalue weighted by Crippen LogP contribution is -1.93. The van der Waals surface area contributed by atoms with Crippen molar-refractivity contribution in [1.29, 1.82) is 0 Å². The van der Waals surface area contributed by atoms with E-state index in [0.717, 1.165) is 8.19 Å². The molecular formula is C16H30P2.